The number of nitro benzene ring substituents is 1. The largest absolute Gasteiger partial charge is 0.369 e. The van der Waals surface area contributed by atoms with E-state index >= 15 is 0 Å². The maximum Gasteiger partial charge on any atom is 0.278 e. The van der Waals surface area contributed by atoms with Gasteiger partial charge in [-0.3, -0.25) is 19.7 Å². The molecular formula is C23H22FN5O4. The van der Waals surface area contributed by atoms with E-state index in [9.17, 15) is 24.1 Å². The molecule has 1 fully saturated rings. The first-order valence-electron chi connectivity index (χ1n) is 10.6. The van der Waals surface area contributed by atoms with E-state index in [-0.39, 0.29) is 22.2 Å². The second-order valence-corrected chi connectivity index (χ2v) is 7.69. The number of carbonyl (C=O) groups excluding carboxylic acids is 1. The molecule has 0 radical (unpaired) electrons. The highest BCUT2D eigenvalue weighted by Gasteiger charge is 2.21. The van der Waals surface area contributed by atoms with Gasteiger partial charge in [-0.25, -0.2) is 9.82 Å². The number of carbonyl (C=O) groups is 1. The van der Waals surface area contributed by atoms with Crippen LogP contribution in [0.3, 0.4) is 0 Å². The predicted molar refractivity (Wildman–Crippen MR) is 123 cm³/mol. The van der Waals surface area contributed by atoms with E-state index in [0.29, 0.717) is 17.7 Å². The van der Waals surface area contributed by atoms with Crippen LogP contribution in [0, 0.1) is 15.9 Å². The predicted octanol–water partition coefficient (Wildman–Crippen LogP) is 3.43. The van der Waals surface area contributed by atoms with Crippen LogP contribution in [0.15, 0.2) is 52.5 Å². The Labute approximate surface area is 188 Å². The average Bonchev–Trinajstić information content (AvgIpc) is 3.34. The number of halogens is 1. The summed E-state index contributed by atoms with van der Waals surface area (Å²) in [6.07, 6.45) is 4.54. The molecule has 33 heavy (non-hydrogen) atoms. The molecule has 1 aliphatic rings. The monoisotopic (exact) mass is 451 g/mol. The summed E-state index contributed by atoms with van der Waals surface area (Å²) in [7, 11) is 0. The van der Waals surface area contributed by atoms with Crippen molar-refractivity contribution in [1.29, 1.82) is 0 Å². The van der Waals surface area contributed by atoms with Crippen LogP contribution in [0.25, 0.3) is 10.9 Å². The van der Waals surface area contributed by atoms with Crippen molar-refractivity contribution in [3.8, 4) is 0 Å². The molecule has 10 heteroatoms. The van der Waals surface area contributed by atoms with Gasteiger partial charge in [0.25, 0.3) is 11.6 Å². The van der Waals surface area contributed by atoms with Crippen LogP contribution < -0.4 is 15.8 Å². The van der Waals surface area contributed by atoms with Gasteiger partial charge in [-0.05, 0) is 38.0 Å². The molecule has 0 aliphatic carbocycles. The standard InChI is InChI=1S/C23H22FN5O4/c1-2-27-14-17(23(31)26-25-13-15-7-3-4-8-19(15)29(32)33)22(30)16-11-18(24)21(12-20(16)27)28-9-5-6-10-28/h3-4,7-8,11-14H,2,5-6,9-10H2,1H3,(H,26,31). The van der Waals surface area contributed by atoms with E-state index < -0.39 is 22.1 Å². The number of amides is 1. The van der Waals surface area contributed by atoms with Crippen LogP contribution in [0.2, 0.25) is 0 Å². The topological polar surface area (TPSA) is 110 Å². The number of nitro groups is 1. The molecule has 2 heterocycles. The first-order valence-corrected chi connectivity index (χ1v) is 10.6. The highest BCUT2D eigenvalue weighted by Crippen LogP contribution is 2.28. The molecule has 0 spiro atoms. The third kappa shape index (κ3) is 4.32. The Morgan fingerprint density at radius 3 is 2.70 bits per heavy atom. The van der Waals surface area contributed by atoms with Gasteiger partial charge in [0.1, 0.15) is 11.4 Å². The van der Waals surface area contributed by atoms with Gasteiger partial charge < -0.3 is 9.47 Å². The fourth-order valence-electron chi connectivity index (χ4n) is 4.01. The minimum atomic E-state index is -0.789. The summed E-state index contributed by atoms with van der Waals surface area (Å²) in [4.78, 5) is 38.2. The number of aryl methyl sites for hydroxylation is 1. The third-order valence-corrected chi connectivity index (χ3v) is 5.68. The minimum Gasteiger partial charge on any atom is -0.369 e. The van der Waals surface area contributed by atoms with Crippen LogP contribution in [0.1, 0.15) is 35.7 Å². The van der Waals surface area contributed by atoms with Crippen molar-refractivity contribution in [3.63, 3.8) is 0 Å². The van der Waals surface area contributed by atoms with Crippen molar-refractivity contribution in [1.82, 2.24) is 9.99 Å². The molecule has 170 valence electrons. The Kier molecular flexibility index (Phi) is 6.16. The number of fused-ring (bicyclic) bond motifs is 1. The van der Waals surface area contributed by atoms with Gasteiger partial charge in [0.15, 0.2) is 0 Å². The van der Waals surface area contributed by atoms with E-state index in [0.717, 1.165) is 32.1 Å². The van der Waals surface area contributed by atoms with Gasteiger partial charge >= 0.3 is 0 Å². The Morgan fingerprint density at radius 1 is 1.27 bits per heavy atom. The SMILES string of the molecule is CCn1cc(C(=O)NN=Cc2ccccc2[N+](=O)[O-])c(=O)c2cc(F)c(N3CCCC3)cc21. The lowest BCUT2D eigenvalue weighted by atomic mass is 10.1. The number of benzene rings is 2. The quantitative estimate of drug-likeness (QED) is 0.351. The number of hydrogen-bond donors (Lipinski definition) is 1. The number of para-hydroxylation sites is 1. The first-order chi connectivity index (χ1) is 15.9. The van der Waals surface area contributed by atoms with Crippen LogP contribution in [-0.2, 0) is 6.54 Å². The zero-order chi connectivity index (χ0) is 23.5. The summed E-state index contributed by atoms with van der Waals surface area (Å²) in [6, 6.07) is 8.76. The van der Waals surface area contributed by atoms with Crippen molar-refractivity contribution in [2.75, 3.05) is 18.0 Å². The number of pyridine rings is 1. The van der Waals surface area contributed by atoms with Crippen molar-refractivity contribution < 1.29 is 14.1 Å². The Morgan fingerprint density at radius 2 is 2.00 bits per heavy atom. The second-order valence-electron chi connectivity index (χ2n) is 7.69. The Bertz CT molecular complexity index is 1330. The van der Waals surface area contributed by atoms with Crippen molar-refractivity contribution in [3.05, 3.63) is 79.9 Å². The lowest BCUT2D eigenvalue weighted by Gasteiger charge is -2.20. The molecule has 0 bridgehead atoms. The summed E-state index contributed by atoms with van der Waals surface area (Å²) >= 11 is 0. The molecular weight excluding hydrogens is 429 g/mol. The third-order valence-electron chi connectivity index (χ3n) is 5.68. The molecule has 2 aromatic carbocycles. The molecule has 0 atom stereocenters. The molecule has 1 aliphatic heterocycles. The van der Waals surface area contributed by atoms with Crippen LogP contribution in [0.4, 0.5) is 15.8 Å². The molecule has 4 rings (SSSR count). The van der Waals surface area contributed by atoms with Gasteiger partial charge in [0.2, 0.25) is 5.43 Å². The summed E-state index contributed by atoms with van der Waals surface area (Å²) < 4.78 is 16.6. The summed E-state index contributed by atoms with van der Waals surface area (Å²) in [5, 5.41) is 15.0. The van der Waals surface area contributed by atoms with Crippen molar-refractivity contribution >= 4 is 34.4 Å². The number of hydrazone groups is 1. The smallest absolute Gasteiger partial charge is 0.278 e. The van der Waals surface area contributed by atoms with E-state index in [1.54, 1.807) is 16.7 Å². The van der Waals surface area contributed by atoms with Gasteiger partial charge in [0.05, 0.1) is 27.9 Å². The van der Waals surface area contributed by atoms with Crippen molar-refractivity contribution in [2.24, 2.45) is 5.10 Å². The summed E-state index contributed by atoms with van der Waals surface area (Å²) in [5.74, 6) is -1.29. The van der Waals surface area contributed by atoms with Gasteiger partial charge in [-0.2, -0.15) is 5.10 Å². The van der Waals surface area contributed by atoms with Crippen LogP contribution >= 0.6 is 0 Å². The van der Waals surface area contributed by atoms with E-state index in [1.165, 1.54) is 30.5 Å². The summed E-state index contributed by atoms with van der Waals surface area (Å²) in [5.41, 5.74) is 2.45. The minimum absolute atomic E-state index is 0.104. The lowest BCUT2D eigenvalue weighted by Crippen LogP contribution is -2.27. The second kappa shape index (κ2) is 9.19. The van der Waals surface area contributed by atoms with E-state index in [1.807, 2.05) is 11.8 Å². The number of nitrogens with one attached hydrogen (secondary N) is 1. The first kappa shape index (κ1) is 22.1. The number of aromatic nitrogens is 1. The van der Waals surface area contributed by atoms with Crippen molar-refractivity contribution in [2.45, 2.75) is 26.3 Å². The van der Waals surface area contributed by atoms with Gasteiger partial charge in [-0.1, -0.05) is 12.1 Å². The highest BCUT2D eigenvalue weighted by molar-refractivity contribution is 5.98. The van der Waals surface area contributed by atoms with Gasteiger partial charge in [0, 0.05) is 37.3 Å². The lowest BCUT2D eigenvalue weighted by molar-refractivity contribution is -0.385. The Balaban J connectivity index is 1.67. The molecule has 1 amide bonds. The number of anilines is 1. The van der Waals surface area contributed by atoms with Crippen LogP contribution in [0.5, 0.6) is 0 Å². The number of hydrogen-bond acceptors (Lipinski definition) is 6. The van der Waals surface area contributed by atoms with Gasteiger partial charge in [-0.15, -0.1) is 0 Å². The highest BCUT2D eigenvalue weighted by atomic mass is 19.1. The van der Waals surface area contributed by atoms with E-state index in [4.69, 9.17) is 0 Å². The summed E-state index contributed by atoms with van der Waals surface area (Å²) in [6.45, 7) is 3.84. The zero-order valence-corrected chi connectivity index (χ0v) is 18.0. The molecule has 9 nitrogen and oxygen atoms in total. The molecule has 1 saturated heterocycles. The number of rotatable bonds is 6. The van der Waals surface area contributed by atoms with Crippen LogP contribution in [-0.4, -0.2) is 34.7 Å². The Hall–Kier alpha value is -4.08. The molecule has 1 aromatic heterocycles. The molecule has 1 N–H and O–H groups in total. The number of nitrogens with zero attached hydrogens (tertiary/aromatic N) is 4. The van der Waals surface area contributed by atoms with E-state index in [2.05, 4.69) is 10.5 Å². The zero-order valence-electron chi connectivity index (χ0n) is 18.0. The maximum atomic E-state index is 14.8. The molecule has 0 saturated carbocycles. The fraction of sp³-hybridized carbons (Fsp3) is 0.261. The average molecular weight is 451 g/mol. The normalized spacial score (nSPS) is 13.7. The fourth-order valence-corrected chi connectivity index (χ4v) is 4.01. The molecule has 0 unspecified atom stereocenters. The maximum absolute atomic E-state index is 14.8. The molecule has 3 aromatic rings.